The molecule has 0 aliphatic carbocycles. The molecular weight excluding hydrogens is 424 g/mol. The van der Waals surface area contributed by atoms with Gasteiger partial charge in [0.2, 0.25) is 0 Å². The van der Waals surface area contributed by atoms with Gasteiger partial charge >= 0.3 is 5.97 Å². The lowest BCUT2D eigenvalue weighted by Crippen LogP contribution is -2.30. The molecule has 0 bridgehead atoms. The highest BCUT2D eigenvalue weighted by Gasteiger charge is 2.42. The summed E-state index contributed by atoms with van der Waals surface area (Å²) in [5.41, 5.74) is -0.203. The first-order valence-electron chi connectivity index (χ1n) is 9.66. The highest BCUT2D eigenvalue weighted by Crippen LogP contribution is 2.37. The molecule has 1 aromatic heterocycles. The highest BCUT2D eigenvalue weighted by atomic mass is 32.1. The van der Waals surface area contributed by atoms with Crippen LogP contribution in [0.25, 0.3) is 0 Å². The van der Waals surface area contributed by atoms with Crippen LogP contribution in [0.3, 0.4) is 0 Å². The first-order chi connectivity index (χ1) is 14.6. The van der Waals surface area contributed by atoms with E-state index in [1.165, 1.54) is 29.5 Å². The third-order valence-electron chi connectivity index (χ3n) is 4.97. The van der Waals surface area contributed by atoms with Crippen molar-refractivity contribution in [2.24, 2.45) is 0 Å². The van der Waals surface area contributed by atoms with E-state index in [2.05, 4.69) is 0 Å². The van der Waals surface area contributed by atoms with Gasteiger partial charge in [0, 0.05) is 15.8 Å². The van der Waals surface area contributed by atoms with Gasteiger partial charge in [-0.3, -0.25) is 24.6 Å². The molecule has 1 aromatic carbocycles. The maximum atomic E-state index is 13.0. The zero-order valence-corrected chi connectivity index (χ0v) is 18.0. The molecule has 0 saturated heterocycles. The molecular formula is C21H20N2O7S. The molecule has 0 saturated carbocycles. The van der Waals surface area contributed by atoms with E-state index in [0.717, 1.165) is 15.3 Å². The lowest BCUT2D eigenvalue weighted by atomic mass is 10.0. The Labute approximate surface area is 181 Å². The number of hydrogen-bond donors (Lipinski definition) is 0. The van der Waals surface area contributed by atoms with Gasteiger partial charge in [-0.25, -0.2) is 4.79 Å². The van der Waals surface area contributed by atoms with E-state index < -0.39 is 34.0 Å². The van der Waals surface area contributed by atoms with Crippen LogP contribution in [0, 0.1) is 10.1 Å². The number of carbonyl (C=O) groups is 3. The summed E-state index contributed by atoms with van der Waals surface area (Å²) in [7, 11) is 0. The normalized spacial score (nSPS) is 15.6. The Balaban J connectivity index is 1.73. The second-order valence-electron chi connectivity index (χ2n) is 8.26. The lowest BCUT2D eigenvalue weighted by molar-refractivity contribution is -0.385. The molecule has 31 heavy (non-hydrogen) atoms. The monoisotopic (exact) mass is 444 g/mol. The topological polar surface area (TPSA) is 116 Å². The molecule has 0 fully saturated rings. The quantitative estimate of drug-likeness (QED) is 0.307. The number of nitro benzene ring substituents is 1. The van der Waals surface area contributed by atoms with Crippen molar-refractivity contribution in [3.05, 3.63) is 60.3 Å². The van der Waals surface area contributed by atoms with E-state index >= 15 is 0 Å². The third kappa shape index (κ3) is 3.72. The van der Waals surface area contributed by atoms with Crippen molar-refractivity contribution < 1.29 is 28.8 Å². The fraction of sp³-hybridized carbons (Fsp3) is 0.381. The van der Waals surface area contributed by atoms with E-state index in [1.54, 1.807) is 20.8 Å². The van der Waals surface area contributed by atoms with Crippen molar-refractivity contribution in [2.45, 2.75) is 45.9 Å². The van der Waals surface area contributed by atoms with Gasteiger partial charge in [0.15, 0.2) is 0 Å². The number of carbonyl (C=O) groups excluding carboxylic acids is 3. The number of imide groups is 1. The number of esters is 1. The molecule has 2 amide bonds. The van der Waals surface area contributed by atoms with E-state index in [-0.39, 0.29) is 17.7 Å². The molecule has 10 heteroatoms. The predicted molar refractivity (Wildman–Crippen MR) is 110 cm³/mol. The zero-order valence-electron chi connectivity index (χ0n) is 17.2. The van der Waals surface area contributed by atoms with E-state index in [4.69, 9.17) is 9.47 Å². The van der Waals surface area contributed by atoms with Crippen LogP contribution in [-0.4, -0.2) is 39.8 Å². The molecule has 2 aliphatic heterocycles. The smallest absolute Gasteiger partial charge is 0.340 e. The van der Waals surface area contributed by atoms with Crippen LogP contribution in [0.4, 0.5) is 5.69 Å². The highest BCUT2D eigenvalue weighted by molar-refractivity contribution is 7.12. The van der Waals surface area contributed by atoms with Gasteiger partial charge < -0.3 is 9.47 Å². The summed E-state index contributed by atoms with van der Waals surface area (Å²) in [5.74, 6) is -1.89. The minimum Gasteiger partial charge on any atom is -0.456 e. The standard InChI is InChI=1S/C21H20N2O7S/c1-21(2,3)30-20(26)17-11-7-8-29-10-15(11)31-14(17)9-22-18(24)12-5-4-6-13(23(27)28)16(12)19(22)25/h4-6H,7-10H2,1-3H3. The molecule has 3 heterocycles. The number of nitro groups is 1. The summed E-state index contributed by atoms with van der Waals surface area (Å²) >= 11 is 1.29. The second kappa shape index (κ2) is 7.54. The van der Waals surface area contributed by atoms with Crippen LogP contribution in [0.15, 0.2) is 18.2 Å². The Kier molecular flexibility index (Phi) is 5.14. The Hall–Kier alpha value is -3.11. The molecule has 2 aromatic rings. The maximum absolute atomic E-state index is 13.0. The van der Waals surface area contributed by atoms with Crippen LogP contribution in [-0.2, 0) is 29.0 Å². The van der Waals surface area contributed by atoms with Gasteiger partial charge in [-0.1, -0.05) is 6.07 Å². The number of hydrogen-bond acceptors (Lipinski definition) is 8. The molecule has 0 radical (unpaired) electrons. The molecule has 0 atom stereocenters. The van der Waals surface area contributed by atoms with Gasteiger partial charge in [-0.15, -0.1) is 11.3 Å². The first-order valence-corrected chi connectivity index (χ1v) is 10.5. The number of rotatable bonds is 4. The van der Waals surface area contributed by atoms with Crippen molar-refractivity contribution in [1.82, 2.24) is 4.90 Å². The zero-order chi connectivity index (χ0) is 22.5. The van der Waals surface area contributed by atoms with E-state index in [0.29, 0.717) is 30.1 Å². The largest absolute Gasteiger partial charge is 0.456 e. The van der Waals surface area contributed by atoms with Gasteiger partial charge in [-0.05, 0) is 38.8 Å². The minimum atomic E-state index is -0.745. The number of fused-ring (bicyclic) bond motifs is 2. The average Bonchev–Trinajstić information content (AvgIpc) is 3.17. The molecule has 0 N–H and O–H groups in total. The number of benzene rings is 1. The number of nitrogens with zero attached hydrogens (tertiary/aromatic N) is 2. The van der Waals surface area contributed by atoms with Crippen LogP contribution < -0.4 is 0 Å². The van der Waals surface area contributed by atoms with Gasteiger partial charge in [0.1, 0.15) is 11.2 Å². The molecule has 4 rings (SSSR count). The summed E-state index contributed by atoms with van der Waals surface area (Å²) in [5, 5.41) is 11.3. The maximum Gasteiger partial charge on any atom is 0.340 e. The SMILES string of the molecule is CC(C)(C)OC(=O)c1c(CN2C(=O)c3cccc([N+](=O)[O-])c3C2=O)sc2c1CCOC2. The summed E-state index contributed by atoms with van der Waals surface area (Å²) < 4.78 is 11.1. The van der Waals surface area contributed by atoms with Gasteiger partial charge in [0.25, 0.3) is 17.5 Å². The average molecular weight is 444 g/mol. The van der Waals surface area contributed by atoms with E-state index in [1.807, 2.05) is 0 Å². The van der Waals surface area contributed by atoms with E-state index in [9.17, 15) is 24.5 Å². The summed E-state index contributed by atoms with van der Waals surface area (Å²) in [6.07, 6.45) is 0.522. The van der Waals surface area contributed by atoms with Crippen molar-refractivity contribution in [2.75, 3.05) is 6.61 Å². The summed E-state index contributed by atoms with van der Waals surface area (Å²) in [4.78, 5) is 51.8. The van der Waals surface area contributed by atoms with Crippen molar-refractivity contribution in [3.8, 4) is 0 Å². The molecule has 162 valence electrons. The Morgan fingerprint density at radius 1 is 1.29 bits per heavy atom. The van der Waals surface area contributed by atoms with Gasteiger partial charge in [-0.2, -0.15) is 0 Å². The molecule has 2 aliphatic rings. The number of thiophene rings is 1. The molecule has 0 spiro atoms. The van der Waals surface area contributed by atoms with Crippen LogP contribution in [0.5, 0.6) is 0 Å². The number of amides is 2. The number of ether oxygens (including phenoxy) is 2. The van der Waals surface area contributed by atoms with Crippen LogP contribution in [0.2, 0.25) is 0 Å². The van der Waals surface area contributed by atoms with Crippen LogP contribution in [0.1, 0.15) is 67.2 Å². The predicted octanol–water partition coefficient (Wildman–Crippen LogP) is 3.48. The van der Waals surface area contributed by atoms with Crippen LogP contribution >= 0.6 is 11.3 Å². The fourth-order valence-corrected chi connectivity index (χ4v) is 4.99. The Bertz CT molecular complexity index is 1130. The van der Waals surface area contributed by atoms with Crippen molar-refractivity contribution in [3.63, 3.8) is 0 Å². The molecule has 0 unspecified atom stereocenters. The first kappa shape index (κ1) is 21.1. The Morgan fingerprint density at radius 3 is 2.71 bits per heavy atom. The second-order valence-corrected chi connectivity index (χ2v) is 9.45. The van der Waals surface area contributed by atoms with Gasteiger partial charge in [0.05, 0.1) is 35.8 Å². The summed E-state index contributed by atoms with van der Waals surface area (Å²) in [6, 6.07) is 3.96. The fourth-order valence-electron chi connectivity index (χ4n) is 3.72. The summed E-state index contributed by atoms with van der Waals surface area (Å²) in [6.45, 7) is 5.90. The third-order valence-corrected chi connectivity index (χ3v) is 6.16. The molecule has 9 nitrogen and oxygen atoms in total. The Morgan fingerprint density at radius 2 is 2.03 bits per heavy atom. The lowest BCUT2D eigenvalue weighted by Gasteiger charge is -2.21. The van der Waals surface area contributed by atoms with Crippen molar-refractivity contribution >= 4 is 34.8 Å². The minimum absolute atomic E-state index is 0.0114. The van der Waals surface area contributed by atoms with Crippen molar-refractivity contribution in [1.29, 1.82) is 0 Å².